The molecule has 1 amide bonds. The second-order valence-electron chi connectivity index (χ2n) is 7.28. The van der Waals surface area contributed by atoms with Crippen LogP contribution < -0.4 is 20.7 Å². The average molecular weight is 557 g/mol. The van der Waals surface area contributed by atoms with Crippen LogP contribution in [0.15, 0.2) is 53.5 Å². The fourth-order valence-corrected chi connectivity index (χ4v) is 3.08. The molecule has 0 saturated heterocycles. The predicted molar refractivity (Wildman–Crippen MR) is 136 cm³/mol. The van der Waals surface area contributed by atoms with Gasteiger partial charge in [0.1, 0.15) is 5.75 Å². The van der Waals surface area contributed by atoms with E-state index >= 15 is 0 Å². The van der Waals surface area contributed by atoms with Crippen molar-refractivity contribution in [2.24, 2.45) is 4.99 Å². The summed E-state index contributed by atoms with van der Waals surface area (Å²) >= 11 is 6.03. The Hall–Kier alpha value is -2.00. The summed E-state index contributed by atoms with van der Waals surface area (Å²) in [7, 11) is 0. The van der Waals surface area contributed by atoms with Gasteiger partial charge in [-0.2, -0.15) is 0 Å². The largest absolute Gasteiger partial charge is 0.484 e. The van der Waals surface area contributed by atoms with Gasteiger partial charge < -0.3 is 20.7 Å². The Morgan fingerprint density at radius 1 is 1.13 bits per heavy atom. The molecule has 0 atom stereocenters. The van der Waals surface area contributed by atoms with Gasteiger partial charge >= 0.3 is 0 Å². The minimum Gasteiger partial charge on any atom is -0.484 e. The van der Waals surface area contributed by atoms with Crippen LogP contribution in [0.3, 0.4) is 0 Å². The topological polar surface area (TPSA) is 74.8 Å². The third-order valence-electron chi connectivity index (χ3n) is 4.59. The van der Waals surface area contributed by atoms with Crippen molar-refractivity contribution in [3.05, 3.63) is 64.7 Å². The molecule has 0 unspecified atom stereocenters. The second-order valence-corrected chi connectivity index (χ2v) is 7.71. The number of nitrogens with zero attached hydrogens (tertiary/aromatic N) is 1. The molecule has 0 aromatic heterocycles. The number of amides is 1. The minimum atomic E-state index is -0.0567. The highest BCUT2D eigenvalue weighted by molar-refractivity contribution is 14.0. The quantitative estimate of drug-likeness (QED) is 0.236. The van der Waals surface area contributed by atoms with Gasteiger partial charge in [0, 0.05) is 24.2 Å². The number of benzene rings is 2. The van der Waals surface area contributed by atoms with E-state index in [9.17, 15) is 4.79 Å². The molecule has 31 heavy (non-hydrogen) atoms. The van der Waals surface area contributed by atoms with Gasteiger partial charge in [-0.1, -0.05) is 35.9 Å². The zero-order valence-corrected chi connectivity index (χ0v) is 20.8. The highest BCUT2D eigenvalue weighted by Gasteiger charge is 2.23. The van der Waals surface area contributed by atoms with E-state index in [0.29, 0.717) is 18.3 Å². The molecule has 1 aliphatic rings. The van der Waals surface area contributed by atoms with Gasteiger partial charge in [0.15, 0.2) is 12.6 Å². The zero-order chi connectivity index (χ0) is 21.2. The van der Waals surface area contributed by atoms with Crippen molar-refractivity contribution >= 4 is 47.4 Å². The number of aliphatic imine (C=N–C) groups is 1. The number of carbonyl (C=O) groups excluding carboxylic acids is 1. The average Bonchev–Trinajstić information content (AvgIpc) is 3.55. The van der Waals surface area contributed by atoms with E-state index in [2.05, 4.69) is 20.9 Å². The molecule has 3 N–H and O–H groups in total. The number of carbonyl (C=O) groups is 1. The Morgan fingerprint density at radius 3 is 2.58 bits per heavy atom. The normalized spacial score (nSPS) is 13.2. The second kappa shape index (κ2) is 13.4. The number of ether oxygens (including phenoxy) is 1. The highest BCUT2D eigenvalue weighted by Crippen LogP contribution is 2.18. The SMILES string of the molecule is CCNC(=NCc1cccc(Cl)c1)NCCc1ccc(OCC(=O)NC2CC2)cc1.I. The Kier molecular flexibility index (Phi) is 10.9. The van der Waals surface area contributed by atoms with E-state index in [0.717, 1.165) is 48.9 Å². The van der Waals surface area contributed by atoms with Gasteiger partial charge in [0.25, 0.3) is 5.91 Å². The highest BCUT2D eigenvalue weighted by atomic mass is 127. The molecular weight excluding hydrogens is 527 g/mol. The van der Waals surface area contributed by atoms with Crippen LogP contribution >= 0.6 is 35.6 Å². The van der Waals surface area contributed by atoms with Gasteiger partial charge in [0.05, 0.1) is 6.54 Å². The minimum absolute atomic E-state index is 0. The van der Waals surface area contributed by atoms with Gasteiger partial charge in [-0.3, -0.25) is 4.79 Å². The lowest BCUT2D eigenvalue weighted by Gasteiger charge is -2.12. The maximum Gasteiger partial charge on any atom is 0.258 e. The summed E-state index contributed by atoms with van der Waals surface area (Å²) in [6, 6.07) is 15.9. The van der Waals surface area contributed by atoms with Gasteiger partial charge in [-0.05, 0) is 61.6 Å². The molecular formula is C23H30ClIN4O2. The van der Waals surface area contributed by atoms with Gasteiger partial charge in [-0.15, -0.1) is 24.0 Å². The van der Waals surface area contributed by atoms with Crippen LogP contribution in [0.1, 0.15) is 30.9 Å². The number of halogens is 2. The number of guanidine groups is 1. The Morgan fingerprint density at radius 2 is 1.90 bits per heavy atom. The lowest BCUT2D eigenvalue weighted by molar-refractivity contribution is -0.123. The van der Waals surface area contributed by atoms with Crippen molar-refractivity contribution in [1.82, 2.24) is 16.0 Å². The van der Waals surface area contributed by atoms with Crippen molar-refractivity contribution in [3.63, 3.8) is 0 Å². The summed E-state index contributed by atoms with van der Waals surface area (Å²) < 4.78 is 5.54. The Labute approximate surface area is 206 Å². The smallest absolute Gasteiger partial charge is 0.258 e. The third kappa shape index (κ3) is 9.78. The fraction of sp³-hybridized carbons (Fsp3) is 0.391. The number of rotatable bonds is 10. The van der Waals surface area contributed by atoms with E-state index in [-0.39, 0.29) is 36.5 Å². The molecule has 3 rings (SSSR count). The van der Waals surface area contributed by atoms with E-state index in [4.69, 9.17) is 16.3 Å². The van der Waals surface area contributed by atoms with Crippen LogP contribution in [0, 0.1) is 0 Å². The molecule has 2 aromatic carbocycles. The molecule has 168 valence electrons. The lowest BCUT2D eigenvalue weighted by Crippen LogP contribution is -2.38. The van der Waals surface area contributed by atoms with Crippen molar-refractivity contribution in [2.75, 3.05) is 19.7 Å². The van der Waals surface area contributed by atoms with Crippen LogP contribution in [0.4, 0.5) is 0 Å². The van der Waals surface area contributed by atoms with Crippen LogP contribution in [0.2, 0.25) is 5.02 Å². The summed E-state index contributed by atoms with van der Waals surface area (Å²) in [5.41, 5.74) is 2.25. The maximum absolute atomic E-state index is 11.7. The van der Waals surface area contributed by atoms with Crippen molar-refractivity contribution in [2.45, 2.75) is 38.8 Å². The van der Waals surface area contributed by atoms with Crippen LogP contribution in [0.25, 0.3) is 0 Å². The monoisotopic (exact) mass is 556 g/mol. The molecule has 6 nitrogen and oxygen atoms in total. The summed E-state index contributed by atoms with van der Waals surface area (Å²) in [4.78, 5) is 16.3. The van der Waals surface area contributed by atoms with Crippen LogP contribution in [-0.4, -0.2) is 37.6 Å². The zero-order valence-electron chi connectivity index (χ0n) is 17.7. The Bertz CT molecular complexity index is 857. The molecule has 0 bridgehead atoms. The van der Waals surface area contributed by atoms with Crippen molar-refractivity contribution < 1.29 is 9.53 Å². The molecule has 1 fully saturated rings. The first-order chi connectivity index (χ1) is 14.6. The number of hydrogen-bond donors (Lipinski definition) is 3. The number of nitrogens with one attached hydrogen (secondary N) is 3. The maximum atomic E-state index is 11.7. The van der Waals surface area contributed by atoms with Gasteiger partial charge in [0.2, 0.25) is 0 Å². The predicted octanol–water partition coefficient (Wildman–Crippen LogP) is 3.91. The molecule has 2 aromatic rings. The standard InChI is InChI=1S/C23H29ClN4O2.HI/c1-2-25-23(27-15-18-4-3-5-19(24)14-18)26-13-12-17-6-10-21(11-7-17)30-16-22(29)28-20-8-9-20;/h3-7,10-11,14,20H,2,8-9,12-13,15-16H2,1H3,(H,28,29)(H2,25,26,27);1H. The number of hydrogen-bond acceptors (Lipinski definition) is 3. The molecule has 0 heterocycles. The first-order valence-electron chi connectivity index (χ1n) is 10.4. The third-order valence-corrected chi connectivity index (χ3v) is 4.83. The molecule has 0 spiro atoms. The summed E-state index contributed by atoms with van der Waals surface area (Å²) in [5, 5.41) is 10.2. The summed E-state index contributed by atoms with van der Waals surface area (Å²) in [5.74, 6) is 1.42. The summed E-state index contributed by atoms with van der Waals surface area (Å²) in [6.07, 6.45) is 3.01. The van der Waals surface area contributed by atoms with E-state index in [1.807, 2.05) is 55.5 Å². The van der Waals surface area contributed by atoms with E-state index in [1.165, 1.54) is 5.56 Å². The van der Waals surface area contributed by atoms with E-state index < -0.39 is 0 Å². The first kappa shape index (κ1) is 25.3. The van der Waals surface area contributed by atoms with Crippen molar-refractivity contribution in [3.8, 4) is 5.75 Å². The molecule has 1 aliphatic carbocycles. The summed E-state index contributed by atoms with van der Waals surface area (Å²) in [6.45, 7) is 4.22. The van der Waals surface area contributed by atoms with Crippen molar-refractivity contribution in [1.29, 1.82) is 0 Å². The molecule has 8 heteroatoms. The molecule has 0 radical (unpaired) electrons. The van der Waals surface area contributed by atoms with Crippen LogP contribution in [0.5, 0.6) is 5.75 Å². The van der Waals surface area contributed by atoms with Crippen LogP contribution in [-0.2, 0) is 17.8 Å². The fourth-order valence-electron chi connectivity index (χ4n) is 2.87. The lowest BCUT2D eigenvalue weighted by atomic mass is 10.1. The Balaban J connectivity index is 0.00000341. The molecule has 1 saturated carbocycles. The first-order valence-corrected chi connectivity index (χ1v) is 10.8. The van der Waals surface area contributed by atoms with Gasteiger partial charge in [-0.25, -0.2) is 4.99 Å². The molecule has 0 aliphatic heterocycles. The van der Waals surface area contributed by atoms with E-state index in [1.54, 1.807) is 0 Å².